The molecular formula is C15H15N3O2. The van der Waals surface area contributed by atoms with E-state index in [1.54, 1.807) is 18.3 Å². The summed E-state index contributed by atoms with van der Waals surface area (Å²) in [5, 5.41) is 9.02. The van der Waals surface area contributed by atoms with Gasteiger partial charge in [-0.05, 0) is 29.8 Å². The molecule has 0 aliphatic rings. The van der Waals surface area contributed by atoms with Crippen molar-refractivity contribution < 1.29 is 9.47 Å². The van der Waals surface area contributed by atoms with Crippen LogP contribution in [0.3, 0.4) is 0 Å². The molecule has 0 unspecified atom stereocenters. The smallest absolute Gasteiger partial charge is 0.138 e. The molecule has 0 atom stereocenters. The Morgan fingerprint density at radius 2 is 2.15 bits per heavy atom. The first-order chi connectivity index (χ1) is 9.76. The van der Waals surface area contributed by atoms with Crippen LogP contribution in [-0.4, -0.2) is 12.1 Å². The Kier molecular flexibility index (Phi) is 4.53. The number of aromatic nitrogens is 1. The lowest BCUT2D eigenvalue weighted by Crippen LogP contribution is -2.01. The van der Waals surface area contributed by atoms with Crippen LogP contribution in [0.15, 0.2) is 36.5 Å². The van der Waals surface area contributed by atoms with Crippen LogP contribution in [0.4, 0.5) is 0 Å². The largest absolute Gasteiger partial charge is 0.495 e. The molecule has 1 heterocycles. The second-order valence-corrected chi connectivity index (χ2v) is 4.12. The number of pyridine rings is 1. The highest BCUT2D eigenvalue weighted by molar-refractivity contribution is 5.45. The average molecular weight is 269 g/mol. The van der Waals surface area contributed by atoms with E-state index < -0.39 is 0 Å². The number of hydrogen-bond donors (Lipinski definition) is 1. The van der Waals surface area contributed by atoms with Crippen LogP contribution in [0, 0.1) is 11.3 Å². The third-order valence-corrected chi connectivity index (χ3v) is 2.80. The lowest BCUT2D eigenvalue weighted by atomic mass is 10.1. The summed E-state index contributed by atoms with van der Waals surface area (Å²) < 4.78 is 10.7. The number of hydrogen-bond acceptors (Lipinski definition) is 5. The molecule has 20 heavy (non-hydrogen) atoms. The van der Waals surface area contributed by atoms with Crippen molar-refractivity contribution in [1.29, 1.82) is 5.26 Å². The zero-order chi connectivity index (χ0) is 14.4. The predicted molar refractivity (Wildman–Crippen MR) is 74.2 cm³/mol. The van der Waals surface area contributed by atoms with E-state index in [1.807, 2.05) is 18.2 Å². The van der Waals surface area contributed by atoms with E-state index in [-0.39, 0.29) is 0 Å². The number of nitrogens with zero attached hydrogens (tertiary/aromatic N) is 2. The van der Waals surface area contributed by atoms with E-state index >= 15 is 0 Å². The van der Waals surface area contributed by atoms with Crippen LogP contribution in [-0.2, 0) is 13.2 Å². The molecule has 0 aliphatic heterocycles. The van der Waals surface area contributed by atoms with Gasteiger partial charge in [0.25, 0.3) is 0 Å². The fourth-order valence-electron chi connectivity index (χ4n) is 1.72. The number of nitriles is 1. The molecule has 5 nitrogen and oxygen atoms in total. The van der Waals surface area contributed by atoms with Gasteiger partial charge >= 0.3 is 0 Å². The van der Waals surface area contributed by atoms with Gasteiger partial charge in [-0.15, -0.1) is 0 Å². The molecule has 2 aromatic rings. The maximum absolute atomic E-state index is 9.02. The zero-order valence-electron chi connectivity index (χ0n) is 11.2. The monoisotopic (exact) mass is 269 g/mol. The third kappa shape index (κ3) is 3.25. The molecular weight excluding hydrogens is 254 g/mol. The minimum absolute atomic E-state index is 0.363. The average Bonchev–Trinajstić information content (AvgIpc) is 2.53. The number of nitrogens with two attached hydrogens (primary N) is 1. The molecule has 0 spiro atoms. The molecule has 0 radical (unpaired) electrons. The van der Waals surface area contributed by atoms with Gasteiger partial charge in [0.15, 0.2) is 0 Å². The van der Waals surface area contributed by atoms with E-state index in [4.69, 9.17) is 20.5 Å². The third-order valence-electron chi connectivity index (χ3n) is 2.80. The van der Waals surface area contributed by atoms with Gasteiger partial charge in [-0.25, -0.2) is 0 Å². The van der Waals surface area contributed by atoms with Crippen molar-refractivity contribution in [3.8, 4) is 17.6 Å². The van der Waals surface area contributed by atoms with Crippen molar-refractivity contribution in [2.45, 2.75) is 13.2 Å². The summed E-state index contributed by atoms with van der Waals surface area (Å²) in [6, 6.07) is 11.1. The van der Waals surface area contributed by atoms with Gasteiger partial charge in [-0.2, -0.15) is 5.26 Å². The Labute approximate surface area is 117 Å². The van der Waals surface area contributed by atoms with Crippen LogP contribution >= 0.6 is 0 Å². The van der Waals surface area contributed by atoms with Crippen molar-refractivity contribution in [3.05, 3.63) is 53.3 Å². The molecule has 0 saturated heterocycles. The molecule has 1 aromatic heterocycles. The fraction of sp³-hybridized carbons (Fsp3) is 0.200. The van der Waals surface area contributed by atoms with Gasteiger partial charge in [0.1, 0.15) is 24.2 Å². The lowest BCUT2D eigenvalue weighted by molar-refractivity contribution is 0.304. The molecule has 0 aliphatic carbocycles. The number of benzene rings is 1. The standard InChI is InChI=1S/C15H15N3O2/c1-19-15-5-2-11(6-12(15)7-16)10-20-14-4-3-13(8-17)18-9-14/h2-6,9H,8,10,17H2,1H3. The van der Waals surface area contributed by atoms with E-state index in [0.29, 0.717) is 30.2 Å². The molecule has 0 saturated carbocycles. The first-order valence-electron chi connectivity index (χ1n) is 6.11. The normalized spacial score (nSPS) is 9.85. The quantitative estimate of drug-likeness (QED) is 0.897. The van der Waals surface area contributed by atoms with Gasteiger partial charge in [-0.1, -0.05) is 6.07 Å². The number of ether oxygens (including phenoxy) is 2. The Bertz CT molecular complexity index is 618. The summed E-state index contributed by atoms with van der Waals surface area (Å²) >= 11 is 0. The predicted octanol–water partition coefficient (Wildman–Crippen LogP) is 2.00. The van der Waals surface area contributed by atoms with Gasteiger partial charge in [0, 0.05) is 6.54 Å². The van der Waals surface area contributed by atoms with Crippen molar-refractivity contribution in [1.82, 2.24) is 4.98 Å². The summed E-state index contributed by atoms with van der Waals surface area (Å²) in [6.45, 7) is 0.770. The molecule has 2 rings (SSSR count). The van der Waals surface area contributed by atoms with Crippen LogP contribution in [0.1, 0.15) is 16.8 Å². The van der Waals surface area contributed by atoms with Crippen molar-refractivity contribution in [2.75, 3.05) is 7.11 Å². The van der Waals surface area contributed by atoms with Crippen LogP contribution in [0.2, 0.25) is 0 Å². The van der Waals surface area contributed by atoms with E-state index in [9.17, 15) is 0 Å². The van der Waals surface area contributed by atoms with Gasteiger partial charge < -0.3 is 15.2 Å². The van der Waals surface area contributed by atoms with Gasteiger partial charge in [0.05, 0.1) is 24.6 Å². The summed E-state index contributed by atoms with van der Waals surface area (Å²) in [6.07, 6.45) is 1.64. The van der Waals surface area contributed by atoms with Gasteiger partial charge in [0.2, 0.25) is 0 Å². The minimum atomic E-state index is 0.363. The summed E-state index contributed by atoms with van der Waals surface area (Å²) in [5.74, 6) is 1.22. The second kappa shape index (κ2) is 6.55. The van der Waals surface area contributed by atoms with E-state index in [0.717, 1.165) is 11.3 Å². The highest BCUT2D eigenvalue weighted by atomic mass is 16.5. The Hall–Kier alpha value is -2.58. The topological polar surface area (TPSA) is 81.2 Å². The van der Waals surface area contributed by atoms with Crippen LogP contribution in [0.25, 0.3) is 0 Å². The minimum Gasteiger partial charge on any atom is -0.495 e. The Balaban J connectivity index is 2.05. The molecule has 0 bridgehead atoms. The highest BCUT2D eigenvalue weighted by Crippen LogP contribution is 2.20. The van der Waals surface area contributed by atoms with E-state index in [1.165, 1.54) is 7.11 Å². The lowest BCUT2D eigenvalue weighted by Gasteiger charge is -2.08. The molecule has 0 amide bonds. The second-order valence-electron chi connectivity index (χ2n) is 4.12. The van der Waals surface area contributed by atoms with E-state index in [2.05, 4.69) is 11.1 Å². The first kappa shape index (κ1) is 13.8. The Morgan fingerprint density at radius 3 is 2.75 bits per heavy atom. The molecule has 0 fully saturated rings. The summed E-state index contributed by atoms with van der Waals surface area (Å²) in [5.41, 5.74) is 7.68. The fourth-order valence-corrected chi connectivity index (χ4v) is 1.72. The maximum Gasteiger partial charge on any atom is 0.138 e. The van der Waals surface area contributed by atoms with Crippen molar-refractivity contribution in [3.63, 3.8) is 0 Å². The zero-order valence-corrected chi connectivity index (χ0v) is 11.2. The molecule has 1 aromatic carbocycles. The molecule has 102 valence electrons. The Morgan fingerprint density at radius 1 is 1.30 bits per heavy atom. The van der Waals surface area contributed by atoms with Gasteiger partial charge in [-0.3, -0.25) is 4.98 Å². The van der Waals surface area contributed by atoms with Crippen LogP contribution < -0.4 is 15.2 Å². The maximum atomic E-state index is 9.02. The highest BCUT2D eigenvalue weighted by Gasteiger charge is 2.04. The first-order valence-corrected chi connectivity index (χ1v) is 6.11. The number of methoxy groups -OCH3 is 1. The van der Waals surface area contributed by atoms with Crippen LogP contribution in [0.5, 0.6) is 11.5 Å². The SMILES string of the molecule is COc1ccc(COc2ccc(CN)nc2)cc1C#N. The number of rotatable bonds is 5. The summed E-state index contributed by atoms with van der Waals surface area (Å²) in [4.78, 5) is 4.15. The van der Waals surface area contributed by atoms with Crippen molar-refractivity contribution in [2.24, 2.45) is 5.73 Å². The molecule has 2 N–H and O–H groups in total. The van der Waals surface area contributed by atoms with Crippen molar-refractivity contribution >= 4 is 0 Å². The molecule has 5 heteroatoms. The summed E-state index contributed by atoms with van der Waals surface area (Å²) in [7, 11) is 1.54.